The van der Waals surface area contributed by atoms with Crippen LogP contribution < -0.4 is 5.32 Å². The number of anilines is 1. The number of alkyl halides is 3. The van der Waals surface area contributed by atoms with E-state index in [1.54, 1.807) is 41.6 Å². The molecule has 0 spiro atoms. The topological polar surface area (TPSA) is 118 Å². The van der Waals surface area contributed by atoms with Crippen LogP contribution in [0.15, 0.2) is 67.3 Å². The highest BCUT2D eigenvalue weighted by Gasteiger charge is 2.34. The summed E-state index contributed by atoms with van der Waals surface area (Å²) in [5.74, 6) is -0.436. The van der Waals surface area contributed by atoms with Gasteiger partial charge in [0.05, 0.1) is 28.5 Å². The van der Waals surface area contributed by atoms with Gasteiger partial charge in [0, 0.05) is 42.5 Å². The lowest BCUT2D eigenvalue weighted by Crippen LogP contribution is -2.39. The second-order valence-corrected chi connectivity index (χ2v) is 10.6. The van der Waals surface area contributed by atoms with Crippen LogP contribution >= 0.6 is 11.6 Å². The monoisotopic (exact) mass is 620 g/mol. The van der Waals surface area contributed by atoms with E-state index >= 15 is 0 Å². The maximum Gasteiger partial charge on any atom is 0.416 e. The highest BCUT2D eigenvalue weighted by molar-refractivity contribution is 6.28. The van der Waals surface area contributed by atoms with Gasteiger partial charge in [-0.1, -0.05) is 12.1 Å². The molecule has 44 heavy (non-hydrogen) atoms. The van der Waals surface area contributed by atoms with Crippen molar-refractivity contribution in [1.82, 2.24) is 34.2 Å². The number of hydrogen-bond acceptors (Lipinski definition) is 7. The van der Waals surface area contributed by atoms with Gasteiger partial charge >= 0.3 is 6.18 Å². The molecule has 6 rings (SSSR count). The van der Waals surface area contributed by atoms with Gasteiger partial charge < -0.3 is 10.2 Å². The number of nitrogens with zero attached hydrogens (tertiary/aromatic N) is 7. The molecule has 5 heterocycles. The number of imidazole rings is 1. The summed E-state index contributed by atoms with van der Waals surface area (Å²) >= 11 is 5.96. The van der Waals surface area contributed by atoms with Crippen LogP contribution in [0.4, 0.5) is 19.0 Å². The number of rotatable bonds is 5. The molecule has 0 saturated carbocycles. The first-order chi connectivity index (χ1) is 21.1. The maximum absolute atomic E-state index is 13.5. The van der Waals surface area contributed by atoms with Crippen LogP contribution in [0.25, 0.3) is 16.8 Å². The van der Waals surface area contributed by atoms with Crippen molar-refractivity contribution in [2.75, 3.05) is 11.9 Å². The van der Waals surface area contributed by atoms with Crippen LogP contribution in [0, 0.1) is 6.92 Å². The number of benzene rings is 1. The Morgan fingerprint density at radius 1 is 0.977 bits per heavy atom. The average molecular weight is 621 g/mol. The number of aryl methyl sites for hydroxylation is 1. The zero-order valence-corrected chi connectivity index (χ0v) is 24.0. The Kier molecular flexibility index (Phi) is 7.72. The summed E-state index contributed by atoms with van der Waals surface area (Å²) in [4.78, 5) is 49.4. The number of piperidine rings is 1. The van der Waals surface area contributed by atoms with Crippen LogP contribution in [-0.2, 0) is 6.18 Å². The first kappa shape index (κ1) is 29.2. The van der Waals surface area contributed by atoms with E-state index in [1.165, 1.54) is 12.3 Å². The minimum Gasteiger partial charge on any atom is -0.327 e. The van der Waals surface area contributed by atoms with Gasteiger partial charge in [0.15, 0.2) is 0 Å². The SMILES string of the molecule is Cc1nccn2c(C3CCCCN3C(=O)c3ccnc(Cl)n3)nc(-c3ccc(C(=O)Nc4cc(C(F)(F)F)ccn4)cc3)c12. The number of pyridine rings is 1. The molecule has 1 aliphatic rings. The quantitative estimate of drug-likeness (QED) is 0.233. The third-order valence-corrected chi connectivity index (χ3v) is 7.60. The molecule has 5 aromatic rings. The van der Waals surface area contributed by atoms with E-state index in [-0.39, 0.29) is 34.3 Å². The smallest absolute Gasteiger partial charge is 0.327 e. The van der Waals surface area contributed by atoms with Gasteiger partial charge in [0.1, 0.15) is 17.3 Å². The van der Waals surface area contributed by atoms with Crippen molar-refractivity contribution >= 4 is 34.7 Å². The lowest BCUT2D eigenvalue weighted by atomic mass is 10.0. The second-order valence-electron chi connectivity index (χ2n) is 10.2. The fraction of sp³-hybridized carbons (Fsp3) is 0.233. The van der Waals surface area contributed by atoms with Crippen molar-refractivity contribution < 1.29 is 22.8 Å². The van der Waals surface area contributed by atoms with Gasteiger partial charge in [-0.05, 0) is 68.1 Å². The van der Waals surface area contributed by atoms with Crippen molar-refractivity contribution in [3.63, 3.8) is 0 Å². The lowest BCUT2D eigenvalue weighted by Gasteiger charge is -2.34. The first-order valence-electron chi connectivity index (χ1n) is 13.7. The molecule has 0 bridgehead atoms. The lowest BCUT2D eigenvalue weighted by molar-refractivity contribution is -0.137. The molecule has 2 amide bonds. The molecule has 0 aliphatic carbocycles. The summed E-state index contributed by atoms with van der Waals surface area (Å²) in [7, 11) is 0. The third-order valence-electron chi connectivity index (χ3n) is 7.42. The molecule has 1 atom stereocenters. The van der Waals surface area contributed by atoms with Gasteiger partial charge in [-0.15, -0.1) is 0 Å². The molecule has 1 N–H and O–H groups in total. The van der Waals surface area contributed by atoms with Gasteiger partial charge in [-0.2, -0.15) is 13.2 Å². The summed E-state index contributed by atoms with van der Waals surface area (Å²) in [5, 5.41) is 2.40. The average Bonchev–Trinajstić information content (AvgIpc) is 3.41. The second kappa shape index (κ2) is 11.6. The standard InChI is InChI=1S/C30H24ClF3N8O2/c1-17-25-24(18-5-7-19(8-6-18)27(43)39-23-16-20(9-11-36-23)30(32,33)34)40-26(42(25)15-13-35-17)22-4-2-3-14-41(22)28(44)21-10-12-37-29(31)38-21/h5-13,15-16,22H,2-4,14H2,1H3,(H,36,39,43). The molecule has 0 radical (unpaired) electrons. The summed E-state index contributed by atoms with van der Waals surface area (Å²) < 4.78 is 41.1. The van der Waals surface area contributed by atoms with Gasteiger partial charge in [0.2, 0.25) is 5.28 Å². The van der Waals surface area contributed by atoms with Crippen LogP contribution in [0.5, 0.6) is 0 Å². The fourth-order valence-electron chi connectivity index (χ4n) is 5.34. The van der Waals surface area contributed by atoms with Crippen LogP contribution in [-0.4, -0.2) is 52.6 Å². The Morgan fingerprint density at radius 3 is 2.50 bits per heavy atom. The summed E-state index contributed by atoms with van der Waals surface area (Å²) in [6.45, 7) is 2.38. The van der Waals surface area contributed by atoms with Crippen LogP contribution in [0.1, 0.15) is 63.2 Å². The van der Waals surface area contributed by atoms with Crippen molar-refractivity contribution in [1.29, 1.82) is 0 Å². The predicted octanol–water partition coefficient (Wildman–Crippen LogP) is 6.18. The number of aromatic nitrogens is 6. The van der Waals surface area contributed by atoms with Crippen molar-refractivity contribution in [2.24, 2.45) is 0 Å². The van der Waals surface area contributed by atoms with E-state index in [4.69, 9.17) is 16.6 Å². The Balaban J connectivity index is 1.32. The number of fused-ring (bicyclic) bond motifs is 1. The van der Waals surface area contributed by atoms with E-state index in [2.05, 4.69) is 25.3 Å². The number of carbonyl (C=O) groups excluding carboxylic acids is 2. The Hall–Kier alpha value is -4.91. The number of hydrogen-bond donors (Lipinski definition) is 1. The van der Waals surface area contributed by atoms with Crippen LogP contribution in [0.3, 0.4) is 0 Å². The minimum atomic E-state index is -4.56. The molecule has 1 unspecified atom stereocenters. The highest BCUT2D eigenvalue weighted by Crippen LogP contribution is 2.36. The Bertz CT molecular complexity index is 1880. The van der Waals surface area contributed by atoms with Gasteiger partial charge in [-0.25, -0.2) is 19.9 Å². The van der Waals surface area contributed by atoms with E-state index in [9.17, 15) is 22.8 Å². The van der Waals surface area contributed by atoms with E-state index in [0.29, 0.717) is 30.0 Å². The van der Waals surface area contributed by atoms with E-state index in [0.717, 1.165) is 42.4 Å². The molecular weight excluding hydrogens is 597 g/mol. The molecule has 1 aromatic carbocycles. The van der Waals surface area contributed by atoms with Crippen molar-refractivity contribution in [2.45, 2.75) is 38.4 Å². The number of halogens is 4. The first-order valence-corrected chi connectivity index (χ1v) is 14.1. The fourth-order valence-corrected chi connectivity index (χ4v) is 5.49. The van der Waals surface area contributed by atoms with Crippen molar-refractivity contribution in [3.8, 4) is 11.3 Å². The van der Waals surface area contributed by atoms with Gasteiger partial charge in [-0.3, -0.25) is 19.0 Å². The number of amides is 2. The largest absolute Gasteiger partial charge is 0.416 e. The number of carbonyl (C=O) groups is 2. The minimum absolute atomic E-state index is 0.0112. The molecular formula is C30H24ClF3N8O2. The normalized spacial score (nSPS) is 15.4. The summed E-state index contributed by atoms with van der Waals surface area (Å²) in [5.41, 5.74) is 2.27. The molecule has 1 aliphatic heterocycles. The highest BCUT2D eigenvalue weighted by atomic mass is 35.5. The number of likely N-dealkylation sites (tertiary alicyclic amines) is 1. The summed E-state index contributed by atoms with van der Waals surface area (Å²) in [6.07, 6.45) is 3.77. The zero-order valence-electron chi connectivity index (χ0n) is 23.2. The predicted molar refractivity (Wildman–Crippen MR) is 155 cm³/mol. The molecule has 10 nitrogen and oxygen atoms in total. The Labute approximate surface area is 254 Å². The number of nitrogens with one attached hydrogen (secondary N) is 1. The molecule has 224 valence electrons. The third kappa shape index (κ3) is 5.70. The molecule has 14 heteroatoms. The van der Waals surface area contributed by atoms with Gasteiger partial charge in [0.25, 0.3) is 11.8 Å². The summed E-state index contributed by atoms with van der Waals surface area (Å²) in [6, 6.07) is 9.33. The molecule has 4 aromatic heterocycles. The zero-order chi connectivity index (χ0) is 31.0. The molecule has 1 fully saturated rings. The molecule has 1 saturated heterocycles. The van der Waals surface area contributed by atoms with E-state index in [1.807, 2.05) is 11.3 Å². The van der Waals surface area contributed by atoms with Crippen molar-refractivity contribution in [3.05, 3.63) is 101 Å². The van der Waals surface area contributed by atoms with E-state index < -0.39 is 17.6 Å². The maximum atomic E-state index is 13.5. The van der Waals surface area contributed by atoms with Crippen LogP contribution in [0.2, 0.25) is 5.28 Å². The Morgan fingerprint density at radius 2 is 1.75 bits per heavy atom.